The minimum Gasteiger partial charge on any atom is -0.266 e. The van der Waals surface area contributed by atoms with Crippen LogP contribution in [0.25, 0.3) is 0 Å². The Kier molecular flexibility index (Phi) is 8.42. The van der Waals surface area contributed by atoms with Gasteiger partial charge in [0, 0.05) is 5.75 Å². The molecule has 148 valence electrons. The third-order valence-electron chi connectivity index (χ3n) is 4.77. The van der Waals surface area contributed by atoms with Crippen LogP contribution in [0.5, 0.6) is 0 Å². The number of aromatic nitrogens is 2. The molecule has 0 N–H and O–H groups in total. The number of hydrogen-bond acceptors (Lipinski definition) is 4. The van der Waals surface area contributed by atoms with Gasteiger partial charge in [0.25, 0.3) is 5.56 Å². The van der Waals surface area contributed by atoms with Crippen LogP contribution in [0.4, 0.5) is 0 Å². The van der Waals surface area contributed by atoms with Crippen LogP contribution in [-0.2, 0) is 5.54 Å². The highest BCUT2D eigenvalue weighted by molar-refractivity contribution is 7.99. The topological polar surface area (TPSA) is 34.9 Å². The van der Waals surface area contributed by atoms with Crippen LogP contribution < -0.4 is 5.56 Å². The highest BCUT2D eigenvalue weighted by Crippen LogP contribution is 2.35. The fourth-order valence-corrected chi connectivity index (χ4v) is 5.89. The molecule has 1 saturated carbocycles. The molecule has 1 fully saturated rings. The normalized spacial score (nSPS) is 21.3. The van der Waals surface area contributed by atoms with Crippen molar-refractivity contribution in [2.45, 2.75) is 70.7 Å². The van der Waals surface area contributed by atoms with Crippen molar-refractivity contribution >= 4 is 35.1 Å². The van der Waals surface area contributed by atoms with E-state index < -0.39 is 0 Å². The highest BCUT2D eigenvalue weighted by atomic mass is 35.5. The van der Waals surface area contributed by atoms with E-state index >= 15 is 0 Å². The first-order valence-electron chi connectivity index (χ1n) is 9.67. The Morgan fingerprint density at radius 1 is 1.19 bits per heavy atom. The zero-order valence-corrected chi connectivity index (χ0v) is 19.1. The first kappa shape index (κ1) is 22.2. The lowest BCUT2D eigenvalue weighted by Gasteiger charge is -2.28. The van der Waals surface area contributed by atoms with Crippen molar-refractivity contribution in [1.82, 2.24) is 9.78 Å². The maximum atomic E-state index is 12.4. The largest absolute Gasteiger partial charge is 0.287 e. The second-order valence-corrected chi connectivity index (χ2v) is 11.4. The van der Waals surface area contributed by atoms with E-state index in [2.05, 4.69) is 30.7 Å². The van der Waals surface area contributed by atoms with Crippen LogP contribution in [0, 0.1) is 17.8 Å². The Hall–Kier alpha value is -0.130. The third-order valence-corrected chi connectivity index (χ3v) is 8.11. The molecule has 0 radical (unpaired) electrons. The van der Waals surface area contributed by atoms with Crippen LogP contribution in [0.15, 0.2) is 15.9 Å². The monoisotopic (exact) mass is 416 g/mol. The van der Waals surface area contributed by atoms with Gasteiger partial charge in [-0.1, -0.05) is 25.4 Å². The molecular weight excluding hydrogens is 384 g/mol. The van der Waals surface area contributed by atoms with Crippen LogP contribution in [0.3, 0.4) is 0 Å². The molecule has 0 unspecified atom stereocenters. The van der Waals surface area contributed by atoms with Gasteiger partial charge in [0.05, 0.1) is 16.6 Å². The van der Waals surface area contributed by atoms with Crippen LogP contribution >= 0.6 is 35.1 Å². The molecule has 0 spiro atoms. The maximum Gasteiger partial charge on any atom is 0.287 e. The first-order valence-corrected chi connectivity index (χ1v) is 12.2. The SMILES string of the molecule is CC(C)CSCC1CCC(CSc2cnn(C(C)(C)C)c(=O)c2Cl)CC1. The van der Waals surface area contributed by atoms with E-state index in [0.29, 0.717) is 5.02 Å². The van der Waals surface area contributed by atoms with Crippen LogP contribution in [-0.4, -0.2) is 27.0 Å². The van der Waals surface area contributed by atoms with Crippen LogP contribution in [0.1, 0.15) is 60.3 Å². The molecule has 2 rings (SSSR count). The van der Waals surface area contributed by atoms with Crippen molar-refractivity contribution in [3.63, 3.8) is 0 Å². The molecule has 0 saturated heterocycles. The minimum atomic E-state index is -0.351. The molecule has 0 aliphatic heterocycles. The van der Waals surface area contributed by atoms with E-state index in [0.717, 1.165) is 28.4 Å². The van der Waals surface area contributed by atoms with Gasteiger partial charge >= 0.3 is 0 Å². The molecule has 3 nitrogen and oxygen atoms in total. The second kappa shape index (κ2) is 9.88. The van der Waals surface area contributed by atoms with Gasteiger partial charge in [0.15, 0.2) is 0 Å². The van der Waals surface area contributed by atoms with E-state index in [4.69, 9.17) is 11.6 Å². The van der Waals surface area contributed by atoms with E-state index in [9.17, 15) is 4.79 Å². The summed E-state index contributed by atoms with van der Waals surface area (Å²) in [6.45, 7) is 10.5. The minimum absolute atomic E-state index is 0.185. The molecule has 0 aromatic carbocycles. The summed E-state index contributed by atoms with van der Waals surface area (Å²) in [5.41, 5.74) is -0.536. The van der Waals surface area contributed by atoms with E-state index in [-0.39, 0.29) is 11.1 Å². The summed E-state index contributed by atoms with van der Waals surface area (Å²) in [4.78, 5) is 13.3. The number of nitrogens with zero attached hydrogens (tertiary/aromatic N) is 2. The van der Waals surface area contributed by atoms with Gasteiger partial charge in [-0.05, 0) is 75.7 Å². The summed E-state index contributed by atoms with van der Waals surface area (Å²) >= 11 is 10.1. The molecule has 0 amide bonds. The van der Waals surface area contributed by atoms with E-state index in [1.165, 1.54) is 41.9 Å². The molecular formula is C20H33ClN2OS2. The fourth-order valence-electron chi connectivity index (χ4n) is 3.24. The molecule has 0 bridgehead atoms. The Bertz CT molecular complexity index is 632. The molecule has 1 aromatic rings. The fraction of sp³-hybridized carbons (Fsp3) is 0.800. The molecule has 0 atom stereocenters. The summed E-state index contributed by atoms with van der Waals surface area (Å²) in [7, 11) is 0. The van der Waals surface area contributed by atoms with Gasteiger partial charge in [-0.15, -0.1) is 11.8 Å². The maximum absolute atomic E-state index is 12.4. The van der Waals surface area contributed by atoms with Crippen molar-refractivity contribution in [3.8, 4) is 0 Å². The number of halogens is 1. The smallest absolute Gasteiger partial charge is 0.266 e. The standard InChI is InChI=1S/C20H33ClN2OS2/c1-14(2)11-25-12-15-6-8-16(9-7-15)13-26-17-10-22-23(20(3,4)5)19(24)18(17)21/h10,14-16H,6-9,11-13H2,1-5H3. The Morgan fingerprint density at radius 3 is 2.31 bits per heavy atom. The number of thioether (sulfide) groups is 2. The quantitative estimate of drug-likeness (QED) is 0.515. The van der Waals surface area contributed by atoms with Gasteiger partial charge in [-0.2, -0.15) is 16.9 Å². The Balaban J connectivity index is 1.82. The first-order chi connectivity index (χ1) is 12.2. The van der Waals surface area contributed by atoms with E-state index in [1.807, 2.05) is 20.8 Å². The molecule has 1 aliphatic rings. The lowest BCUT2D eigenvalue weighted by Crippen LogP contribution is -2.36. The molecule has 26 heavy (non-hydrogen) atoms. The summed E-state index contributed by atoms with van der Waals surface area (Å²) < 4.78 is 1.47. The van der Waals surface area contributed by atoms with Gasteiger partial charge in [0.2, 0.25) is 0 Å². The van der Waals surface area contributed by atoms with Gasteiger partial charge in [-0.25, -0.2) is 4.68 Å². The summed E-state index contributed by atoms with van der Waals surface area (Å²) in [5, 5.41) is 4.65. The summed E-state index contributed by atoms with van der Waals surface area (Å²) in [6.07, 6.45) is 7.03. The number of rotatable bonds is 7. The van der Waals surface area contributed by atoms with Crippen molar-refractivity contribution in [2.24, 2.45) is 17.8 Å². The average Bonchev–Trinajstić information content (AvgIpc) is 2.56. The lowest BCUT2D eigenvalue weighted by atomic mass is 9.84. The van der Waals surface area contributed by atoms with Crippen molar-refractivity contribution in [2.75, 3.05) is 17.3 Å². The predicted molar refractivity (Wildman–Crippen MR) is 117 cm³/mol. The van der Waals surface area contributed by atoms with Gasteiger partial charge in [0.1, 0.15) is 5.02 Å². The van der Waals surface area contributed by atoms with Gasteiger partial charge < -0.3 is 0 Å². The zero-order valence-electron chi connectivity index (χ0n) is 16.8. The average molecular weight is 417 g/mol. The molecule has 1 aliphatic carbocycles. The van der Waals surface area contributed by atoms with E-state index in [1.54, 1.807) is 18.0 Å². The van der Waals surface area contributed by atoms with Gasteiger partial charge in [-0.3, -0.25) is 4.79 Å². The zero-order chi connectivity index (χ0) is 19.3. The Morgan fingerprint density at radius 2 is 1.77 bits per heavy atom. The summed E-state index contributed by atoms with van der Waals surface area (Å²) in [5.74, 6) is 6.04. The molecule has 6 heteroatoms. The summed E-state index contributed by atoms with van der Waals surface area (Å²) in [6, 6.07) is 0. The lowest BCUT2D eigenvalue weighted by molar-refractivity contribution is 0.315. The third kappa shape index (κ3) is 6.49. The van der Waals surface area contributed by atoms with Crippen molar-refractivity contribution in [1.29, 1.82) is 0 Å². The second-order valence-electron chi connectivity index (χ2n) is 8.84. The Labute approximate surface area is 172 Å². The molecule has 1 heterocycles. The number of hydrogen-bond donors (Lipinski definition) is 0. The van der Waals surface area contributed by atoms with Crippen molar-refractivity contribution in [3.05, 3.63) is 21.6 Å². The van der Waals surface area contributed by atoms with Crippen LogP contribution in [0.2, 0.25) is 5.02 Å². The molecule has 1 aromatic heterocycles. The van der Waals surface area contributed by atoms with Crippen molar-refractivity contribution < 1.29 is 0 Å². The predicted octanol–water partition coefficient (Wildman–Crippen LogP) is 5.94. The highest BCUT2D eigenvalue weighted by Gasteiger charge is 2.23.